The Morgan fingerprint density at radius 3 is 2.94 bits per heavy atom. The number of nitrogens with two attached hydrogens (primary N) is 1. The monoisotopic (exact) mass is 268 g/mol. The summed E-state index contributed by atoms with van der Waals surface area (Å²) in [6.45, 7) is 0.650. The molecule has 1 aromatic carbocycles. The van der Waals surface area contributed by atoms with Gasteiger partial charge in [-0.05, 0) is 18.1 Å². The van der Waals surface area contributed by atoms with Crippen molar-refractivity contribution in [1.29, 1.82) is 0 Å². The zero-order chi connectivity index (χ0) is 13.1. The summed E-state index contributed by atoms with van der Waals surface area (Å²) in [6.07, 6.45) is 4.53. The smallest absolute Gasteiger partial charge is 0.143 e. The number of rotatable bonds is 4. The molecule has 18 heavy (non-hydrogen) atoms. The third-order valence-electron chi connectivity index (χ3n) is 2.58. The first kappa shape index (κ1) is 12.7. The number of benzene rings is 1. The van der Waals surface area contributed by atoms with E-state index in [1.807, 2.05) is 13.2 Å². The van der Waals surface area contributed by atoms with Gasteiger partial charge in [0.2, 0.25) is 0 Å². The molecule has 0 aliphatic heterocycles. The molecule has 0 amide bonds. The van der Waals surface area contributed by atoms with E-state index in [0.717, 1.165) is 12.0 Å². The number of hydrogen-bond donors (Lipinski definition) is 2. The number of aryl methyl sites for hydroxylation is 1. The largest absolute Gasteiger partial charge is 0.397 e. The van der Waals surface area contributed by atoms with Gasteiger partial charge in [-0.2, -0.15) is 5.10 Å². The summed E-state index contributed by atoms with van der Waals surface area (Å²) in [7, 11) is 1.86. The van der Waals surface area contributed by atoms with Crippen molar-refractivity contribution in [3.8, 4) is 0 Å². The first-order valence-electron chi connectivity index (χ1n) is 5.52. The highest BCUT2D eigenvalue weighted by molar-refractivity contribution is 6.31. The van der Waals surface area contributed by atoms with Crippen LogP contribution < -0.4 is 11.1 Å². The average Bonchev–Trinajstić information content (AvgIpc) is 2.71. The second kappa shape index (κ2) is 5.27. The van der Waals surface area contributed by atoms with E-state index in [1.165, 1.54) is 12.1 Å². The number of hydrogen-bond acceptors (Lipinski definition) is 3. The van der Waals surface area contributed by atoms with E-state index in [1.54, 1.807) is 10.9 Å². The van der Waals surface area contributed by atoms with Gasteiger partial charge >= 0.3 is 0 Å². The quantitative estimate of drug-likeness (QED) is 0.838. The molecule has 0 bridgehead atoms. The van der Waals surface area contributed by atoms with Gasteiger partial charge in [-0.25, -0.2) is 4.39 Å². The third-order valence-corrected chi connectivity index (χ3v) is 2.87. The zero-order valence-corrected chi connectivity index (χ0v) is 10.7. The molecule has 0 saturated heterocycles. The lowest BCUT2D eigenvalue weighted by Crippen LogP contribution is -2.07. The SMILES string of the molecule is Cn1cc(CCNc2cc(F)c(Cl)cc2N)cn1. The van der Waals surface area contributed by atoms with Crippen LogP contribution in [0.4, 0.5) is 15.8 Å². The Balaban J connectivity index is 1.96. The molecule has 1 heterocycles. The Kier molecular flexibility index (Phi) is 3.72. The topological polar surface area (TPSA) is 55.9 Å². The van der Waals surface area contributed by atoms with Crippen molar-refractivity contribution < 1.29 is 4.39 Å². The molecule has 0 radical (unpaired) electrons. The molecule has 0 spiro atoms. The van der Waals surface area contributed by atoms with Crippen LogP contribution >= 0.6 is 11.6 Å². The molecule has 96 valence electrons. The molecule has 4 nitrogen and oxygen atoms in total. The first-order valence-corrected chi connectivity index (χ1v) is 5.90. The van der Waals surface area contributed by atoms with Crippen LogP contribution in [0.3, 0.4) is 0 Å². The van der Waals surface area contributed by atoms with E-state index in [0.29, 0.717) is 17.9 Å². The molecule has 0 unspecified atom stereocenters. The van der Waals surface area contributed by atoms with E-state index in [4.69, 9.17) is 17.3 Å². The molecule has 6 heteroatoms. The molecule has 0 saturated carbocycles. The first-order chi connectivity index (χ1) is 8.56. The minimum atomic E-state index is -0.477. The maximum Gasteiger partial charge on any atom is 0.143 e. The summed E-state index contributed by atoms with van der Waals surface area (Å²) < 4.78 is 15.0. The lowest BCUT2D eigenvalue weighted by Gasteiger charge is -2.09. The summed E-state index contributed by atoms with van der Waals surface area (Å²) in [5.41, 5.74) is 7.85. The standard InChI is InChI=1S/C12H14ClFN4/c1-18-7-8(6-17-18)2-3-16-12-5-10(14)9(13)4-11(12)15/h4-7,16H,2-3,15H2,1H3. The minimum absolute atomic E-state index is 0.0327. The number of nitrogens with one attached hydrogen (secondary N) is 1. The van der Waals surface area contributed by atoms with Gasteiger partial charge < -0.3 is 11.1 Å². The summed E-state index contributed by atoms with van der Waals surface area (Å²) in [5, 5.41) is 7.18. The maximum absolute atomic E-state index is 13.3. The summed E-state index contributed by atoms with van der Waals surface area (Å²) >= 11 is 5.62. The number of halogens is 2. The number of anilines is 2. The highest BCUT2D eigenvalue weighted by atomic mass is 35.5. The minimum Gasteiger partial charge on any atom is -0.397 e. The number of aromatic nitrogens is 2. The Bertz CT molecular complexity index is 553. The molecule has 0 aliphatic carbocycles. The van der Waals surface area contributed by atoms with Gasteiger partial charge in [0.15, 0.2) is 0 Å². The van der Waals surface area contributed by atoms with E-state index < -0.39 is 5.82 Å². The highest BCUT2D eigenvalue weighted by Gasteiger charge is 2.06. The summed E-state index contributed by atoms with van der Waals surface area (Å²) in [5.74, 6) is -0.477. The average molecular weight is 269 g/mol. The predicted molar refractivity (Wildman–Crippen MR) is 71.2 cm³/mol. The van der Waals surface area contributed by atoms with Crippen LogP contribution in [0, 0.1) is 5.82 Å². The van der Waals surface area contributed by atoms with Gasteiger partial charge in [-0.1, -0.05) is 11.6 Å². The summed E-state index contributed by atoms with van der Waals surface area (Å²) in [6, 6.07) is 2.71. The Labute approximate surface area is 110 Å². The van der Waals surface area contributed by atoms with Crippen LogP contribution in [0.2, 0.25) is 5.02 Å². The third kappa shape index (κ3) is 2.92. The van der Waals surface area contributed by atoms with Crippen molar-refractivity contribution in [2.24, 2.45) is 7.05 Å². The molecular weight excluding hydrogens is 255 g/mol. The molecular formula is C12H14ClFN4. The van der Waals surface area contributed by atoms with Crippen molar-refractivity contribution >= 4 is 23.0 Å². The molecule has 2 rings (SSSR count). The van der Waals surface area contributed by atoms with Crippen LogP contribution in [0.1, 0.15) is 5.56 Å². The van der Waals surface area contributed by atoms with Gasteiger partial charge in [0.05, 0.1) is 22.6 Å². The van der Waals surface area contributed by atoms with Gasteiger partial charge in [0.25, 0.3) is 0 Å². The van der Waals surface area contributed by atoms with Gasteiger partial charge in [-0.3, -0.25) is 4.68 Å². The van der Waals surface area contributed by atoms with Crippen molar-refractivity contribution in [3.63, 3.8) is 0 Å². The van der Waals surface area contributed by atoms with Crippen molar-refractivity contribution in [2.75, 3.05) is 17.6 Å². The molecule has 0 aliphatic rings. The van der Waals surface area contributed by atoms with E-state index in [9.17, 15) is 4.39 Å². The van der Waals surface area contributed by atoms with Crippen molar-refractivity contribution in [1.82, 2.24) is 9.78 Å². The van der Waals surface area contributed by atoms with Crippen LogP contribution in [0.5, 0.6) is 0 Å². The van der Waals surface area contributed by atoms with Crippen LogP contribution in [-0.4, -0.2) is 16.3 Å². The van der Waals surface area contributed by atoms with E-state index in [-0.39, 0.29) is 5.02 Å². The fourth-order valence-electron chi connectivity index (χ4n) is 1.66. The second-order valence-corrected chi connectivity index (χ2v) is 4.46. The number of nitrogen functional groups attached to an aromatic ring is 1. The molecule has 2 aromatic rings. The Hall–Kier alpha value is -1.75. The Morgan fingerprint density at radius 1 is 1.50 bits per heavy atom. The van der Waals surface area contributed by atoms with Crippen LogP contribution in [-0.2, 0) is 13.5 Å². The van der Waals surface area contributed by atoms with Gasteiger partial charge in [0.1, 0.15) is 5.82 Å². The zero-order valence-electron chi connectivity index (χ0n) is 9.95. The maximum atomic E-state index is 13.3. The van der Waals surface area contributed by atoms with Crippen LogP contribution in [0.25, 0.3) is 0 Å². The van der Waals surface area contributed by atoms with Crippen LogP contribution in [0.15, 0.2) is 24.5 Å². The molecule has 3 N–H and O–H groups in total. The fourth-order valence-corrected chi connectivity index (χ4v) is 1.83. The predicted octanol–water partition coefficient (Wildman–Crippen LogP) is 2.45. The lowest BCUT2D eigenvalue weighted by molar-refractivity contribution is 0.629. The van der Waals surface area contributed by atoms with Crippen molar-refractivity contribution in [3.05, 3.63) is 40.9 Å². The fraction of sp³-hybridized carbons (Fsp3) is 0.250. The second-order valence-electron chi connectivity index (χ2n) is 4.05. The number of nitrogens with zero attached hydrogens (tertiary/aromatic N) is 2. The molecule has 1 aromatic heterocycles. The van der Waals surface area contributed by atoms with Gasteiger partial charge in [0, 0.05) is 25.9 Å². The van der Waals surface area contributed by atoms with E-state index in [2.05, 4.69) is 10.4 Å². The van der Waals surface area contributed by atoms with Crippen molar-refractivity contribution in [2.45, 2.75) is 6.42 Å². The molecule has 0 fully saturated rings. The Morgan fingerprint density at radius 2 is 2.28 bits per heavy atom. The normalized spacial score (nSPS) is 10.6. The summed E-state index contributed by atoms with van der Waals surface area (Å²) in [4.78, 5) is 0. The highest BCUT2D eigenvalue weighted by Crippen LogP contribution is 2.25. The van der Waals surface area contributed by atoms with E-state index >= 15 is 0 Å². The molecule has 0 atom stereocenters. The van der Waals surface area contributed by atoms with Gasteiger partial charge in [-0.15, -0.1) is 0 Å². The lowest BCUT2D eigenvalue weighted by atomic mass is 10.2.